The molecule has 0 aliphatic carbocycles. The maximum Gasteiger partial charge on any atom is 0.261 e. The Kier molecular flexibility index (Phi) is 5.56. The molecule has 0 aliphatic rings. The minimum absolute atomic E-state index is 0. The van der Waals surface area contributed by atoms with Gasteiger partial charge in [-0.1, -0.05) is 13.8 Å². The summed E-state index contributed by atoms with van der Waals surface area (Å²) in [6.45, 7) is 6.55. The van der Waals surface area contributed by atoms with Crippen molar-refractivity contribution in [2.24, 2.45) is 12.8 Å². The van der Waals surface area contributed by atoms with Crippen LogP contribution in [0, 0.1) is 0 Å². The number of nitrogens with zero attached hydrogens (tertiary/aromatic N) is 2. The van der Waals surface area contributed by atoms with Gasteiger partial charge in [0.05, 0.1) is 10.6 Å². The number of amides is 1. The van der Waals surface area contributed by atoms with Crippen LogP contribution in [0.3, 0.4) is 0 Å². The quantitative estimate of drug-likeness (QED) is 0.908. The molecular formula is C13H21ClN4OS. The van der Waals surface area contributed by atoms with Crippen LogP contribution in [0.5, 0.6) is 0 Å². The number of aryl methyl sites for hydroxylation is 1. The summed E-state index contributed by atoms with van der Waals surface area (Å²) in [5.74, 6) is 0.283. The molecule has 2 heterocycles. The zero-order valence-electron chi connectivity index (χ0n) is 12.1. The van der Waals surface area contributed by atoms with Crippen molar-refractivity contribution in [2.45, 2.75) is 32.7 Å². The highest BCUT2D eigenvalue weighted by Crippen LogP contribution is 2.31. The second-order valence-electron chi connectivity index (χ2n) is 5.10. The summed E-state index contributed by atoms with van der Waals surface area (Å²) in [6, 6.07) is 1.92. The zero-order valence-corrected chi connectivity index (χ0v) is 13.8. The molecule has 0 spiro atoms. The van der Waals surface area contributed by atoms with Gasteiger partial charge in [-0.25, -0.2) is 0 Å². The predicted octanol–water partition coefficient (Wildman–Crippen LogP) is 2.26. The molecule has 5 nitrogen and oxygen atoms in total. The van der Waals surface area contributed by atoms with E-state index < -0.39 is 0 Å². The first-order chi connectivity index (χ1) is 8.93. The molecule has 0 saturated carbocycles. The summed E-state index contributed by atoms with van der Waals surface area (Å²) in [7, 11) is 1.91. The van der Waals surface area contributed by atoms with Gasteiger partial charge in [-0.3, -0.25) is 9.48 Å². The number of rotatable bonds is 4. The number of carbonyl (C=O) groups excluding carboxylic acids is 1. The lowest BCUT2D eigenvalue weighted by atomic mass is 10.1. The van der Waals surface area contributed by atoms with Gasteiger partial charge in [0.25, 0.3) is 5.91 Å². The molecular weight excluding hydrogens is 296 g/mol. The summed E-state index contributed by atoms with van der Waals surface area (Å²) < 4.78 is 1.85. The number of hydrogen-bond donors (Lipinski definition) is 2. The Balaban J connectivity index is 0.00000200. The van der Waals surface area contributed by atoms with Crippen molar-refractivity contribution in [3.05, 3.63) is 16.6 Å². The number of nitrogens with one attached hydrogen (secondary N) is 1. The number of nitrogens with two attached hydrogens (primary N) is 1. The summed E-state index contributed by atoms with van der Waals surface area (Å²) in [4.78, 5) is 13.8. The number of thiophene rings is 1. The van der Waals surface area contributed by atoms with Crippen molar-refractivity contribution >= 4 is 39.9 Å². The summed E-state index contributed by atoms with van der Waals surface area (Å²) in [6.07, 6.45) is 0. The average molecular weight is 317 g/mol. The highest BCUT2D eigenvalue weighted by atomic mass is 35.5. The van der Waals surface area contributed by atoms with E-state index in [0.29, 0.717) is 17.3 Å². The molecule has 0 radical (unpaired) electrons. The second-order valence-corrected chi connectivity index (χ2v) is 6.13. The first-order valence-electron chi connectivity index (χ1n) is 6.41. The molecule has 112 valence electrons. The third kappa shape index (κ3) is 3.13. The average Bonchev–Trinajstić information content (AvgIpc) is 2.90. The molecule has 2 aromatic heterocycles. The second kappa shape index (κ2) is 6.56. The summed E-state index contributed by atoms with van der Waals surface area (Å²) in [5.41, 5.74) is 6.56. The Hall–Kier alpha value is -1.11. The van der Waals surface area contributed by atoms with Crippen LogP contribution in [-0.2, 0) is 7.05 Å². The molecule has 20 heavy (non-hydrogen) atoms. The van der Waals surface area contributed by atoms with Gasteiger partial charge in [-0.2, -0.15) is 5.10 Å². The number of carbonyl (C=O) groups is 1. The van der Waals surface area contributed by atoms with Gasteiger partial charge in [-0.15, -0.1) is 23.7 Å². The van der Waals surface area contributed by atoms with E-state index in [4.69, 9.17) is 5.73 Å². The molecule has 0 unspecified atom stereocenters. The van der Waals surface area contributed by atoms with Crippen molar-refractivity contribution in [3.63, 3.8) is 0 Å². The molecule has 0 aromatic carbocycles. The molecule has 7 heteroatoms. The van der Waals surface area contributed by atoms with Gasteiger partial charge < -0.3 is 11.1 Å². The lowest BCUT2D eigenvalue weighted by Gasteiger charge is -2.09. The van der Waals surface area contributed by atoms with Crippen LogP contribution < -0.4 is 11.1 Å². The Morgan fingerprint density at radius 1 is 1.50 bits per heavy atom. The monoisotopic (exact) mass is 316 g/mol. The van der Waals surface area contributed by atoms with Crippen molar-refractivity contribution in [1.29, 1.82) is 0 Å². The van der Waals surface area contributed by atoms with Crippen molar-refractivity contribution in [3.8, 4) is 0 Å². The van der Waals surface area contributed by atoms with E-state index in [2.05, 4.69) is 24.3 Å². The van der Waals surface area contributed by atoms with Crippen LogP contribution in [0.2, 0.25) is 0 Å². The fourth-order valence-electron chi connectivity index (χ4n) is 1.96. The van der Waals surface area contributed by atoms with E-state index in [1.54, 1.807) is 0 Å². The predicted molar refractivity (Wildman–Crippen MR) is 85.9 cm³/mol. The van der Waals surface area contributed by atoms with E-state index in [1.807, 2.05) is 24.7 Å². The maximum atomic E-state index is 12.1. The summed E-state index contributed by atoms with van der Waals surface area (Å²) in [5, 5.41) is 8.46. The smallest absolute Gasteiger partial charge is 0.261 e. The molecule has 3 N–H and O–H groups in total. The molecule has 1 atom stereocenters. The van der Waals surface area contributed by atoms with Crippen LogP contribution in [0.15, 0.2) is 6.07 Å². The number of aromatic nitrogens is 2. The van der Waals surface area contributed by atoms with Crippen LogP contribution >= 0.6 is 23.7 Å². The summed E-state index contributed by atoms with van der Waals surface area (Å²) >= 11 is 1.47. The van der Waals surface area contributed by atoms with Gasteiger partial charge in [0, 0.05) is 25.0 Å². The molecule has 2 rings (SSSR count). The fraction of sp³-hybridized carbons (Fsp3) is 0.538. The maximum absolute atomic E-state index is 12.1. The number of fused-ring (bicyclic) bond motifs is 1. The first-order valence-corrected chi connectivity index (χ1v) is 7.23. The molecule has 2 aromatic rings. The highest BCUT2D eigenvalue weighted by Gasteiger charge is 2.18. The van der Waals surface area contributed by atoms with Crippen LogP contribution in [0.1, 0.15) is 42.1 Å². The van der Waals surface area contributed by atoms with E-state index in [0.717, 1.165) is 15.9 Å². The van der Waals surface area contributed by atoms with Crippen LogP contribution in [0.25, 0.3) is 10.2 Å². The Bertz CT molecular complexity index is 605. The van der Waals surface area contributed by atoms with Gasteiger partial charge >= 0.3 is 0 Å². The van der Waals surface area contributed by atoms with Crippen molar-refractivity contribution in [2.75, 3.05) is 6.54 Å². The van der Waals surface area contributed by atoms with Gasteiger partial charge in [0.15, 0.2) is 0 Å². The van der Waals surface area contributed by atoms with E-state index in [9.17, 15) is 4.79 Å². The van der Waals surface area contributed by atoms with E-state index in [1.165, 1.54) is 11.3 Å². The third-order valence-corrected chi connectivity index (χ3v) is 4.24. The van der Waals surface area contributed by atoms with Crippen LogP contribution in [-0.4, -0.2) is 28.3 Å². The minimum atomic E-state index is -0.0612. The normalized spacial score (nSPS) is 12.5. The van der Waals surface area contributed by atoms with E-state index >= 15 is 0 Å². The first kappa shape index (κ1) is 16.9. The van der Waals surface area contributed by atoms with Gasteiger partial charge in [-0.05, 0) is 18.9 Å². The van der Waals surface area contributed by atoms with Crippen molar-refractivity contribution < 1.29 is 4.79 Å². The van der Waals surface area contributed by atoms with Crippen molar-refractivity contribution in [1.82, 2.24) is 15.1 Å². The van der Waals surface area contributed by atoms with Gasteiger partial charge in [0.1, 0.15) is 4.83 Å². The lowest BCUT2D eigenvalue weighted by molar-refractivity contribution is 0.0945. The zero-order chi connectivity index (χ0) is 14.2. The topological polar surface area (TPSA) is 72.9 Å². The molecule has 1 amide bonds. The molecule has 0 fully saturated rings. The Morgan fingerprint density at radius 3 is 2.70 bits per heavy atom. The fourth-order valence-corrected chi connectivity index (χ4v) is 2.94. The van der Waals surface area contributed by atoms with Crippen LogP contribution in [0.4, 0.5) is 0 Å². The number of hydrogen-bond acceptors (Lipinski definition) is 4. The highest BCUT2D eigenvalue weighted by molar-refractivity contribution is 7.20. The van der Waals surface area contributed by atoms with Gasteiger partial charge in [0.2, 0.25) is 0 Å². The van der Waals surface area contributed by atoms with E-state index in [-0.39, 0.29) is 24.4 Å². The SMILES string of the molecule is CC(C)c1nn(C)c2sc(C(=O)N[C@@H](C)CN)cc12.Cl. The molecule has 0 aliphatic heterocycles. The third-order valence-electron chi connectivity index (χ3n) is 3.04. The Morgan fingerprint density at radius 2 is 2.15 bits per heavy atom. The number of halogens is 1. The largest absolute Gasteiger partial charge is 0.348 e. The lowest BCUT2D eigenvalue weighted by Crippen LogP contribution is -2.37. The Labute approximate surface area is 128 Å². The molecule has 0 saturated heterocycles. The molecule has 0 bridgehead atoms. The minimum Gasteiger partial charge on any atom is -0.348 e. The standard InChI is InChI=1S/C13H20N4OS.ClH/c1-7(2)11-9-5-10(12(18)15-8(3)6-14)19-13(9)17(4)16-11;/h5,7-8H,6,14H2,1-4H3,(H,15,18);1H/t8-;/m0./s1.